The van der Waals surface area contributed by atoms with Gasteiger partial charge >= 0.3 is 0 Å². The van der Waals surface area contributed by atoms with Crippen LogP contribution in [0.2, 0.25) is 0 Å². The van der Waals surface area contributed by atoms with Crippen LogP contribution in [0.25, 0.3) is 5.76 Å². The molecule has 3 rings (SSSR count). The van der Waals surface area contributed by atoms with E-state index in [2.05, 4.69) is 4.98 Å². The number of rotatable bonds is 6. The molecule has 0 saturated carbocycles. The van der Waals surface area contributed by atoms with Gasteiger partial charge in [-0.3, -0.25) is 14.6 Å². The zero-order chi connectivity index (χ0) is 21.1. The molecule has 7 heteroatoms. The van der Waals surface area contributed by atoms with E-state index in [4.69, 9.17) is 4.74 Å². The van der Waals surface area contributed by atoms with E-state index in [-0.39, 0.29) is 11.3 Å². The first-order valence-electron chi connectivity index (χ1n) is 9.47. The molecule has 0 aliphatic carbocycles. The zero-order valence-electron chi connectivity index (χ0n) is 17.1. The lowest BCUT2D eigenvalue weighted by molar-refractivity contribution is -0.857. The fourth-order valence-corrected chi connectivity index (χ4v) is 3.53. The van der Waals surface area contributed by atoms with E-state index in [0.29, 0.717) is 24.4 Å². The van der Waals surface area contributed by atoms with Crippen molar-refractivity contribution in [1.29, 1.82) is 0 Å². The number of nitrogens with one attached hydrogen (secondary N) is 1. The lowest BCUT2D eigenvalue weighted by Crippen LogP contribution is -3.06. The number of benzene rings is 1. The Morgan fingerprint density at radius 2 is 1.90 bits per heavy atom. The minimum atomic E-state index is -0.675. The van der Waals surface area contributed by atoms with E-state index in [0.717, 1.165) is 16.0 Å². The molecular formula is C22H26N3O4+. The number of likely N-dealkylation sites (N-methyl/N-ethyl adjacent to an activating group) is 1. The number of pyridine rings is 1. The van der Waals surface area contributed by atoms with Gasteiger partial charge < -0.3 is 19.6 Å². The predicted octanol–water partition coefficient (Wildman–Crippen LogP) is 0.965. The van der Waals surface area contributed by atoms with E-state index in [1.165, 1.54) is 4.90 Å². The Labute approximate surface area is 170 Å². The molecule has 0 radical (unpaired) electrons. The minimum absolute atomic E-state index is 0.0968. The highest BCUT2D eigenvalue weighted by Crippen LogP contribution is 2.39. The highest BCUT2D eigenvalue weighted by Gasteiger charge is 2.46. The third-order valence-corrected chi connectivity index (χ3v) is 5.08. The summed E-state index contributed by atoms with van der Waals surface area (Å²) < 4.78 is 5.27. The molecule has 0 spiro atoms. The van der Waals surface area contributed by atoms with Crippen LogP contribution in [-0.4, -0.2) is 61.0 Å². The first kappa shape index (κ1) is 20.5. The normalized spacial score (nSPS) is 18.5. The number of carbonyl (C=O) groups excluding carboxylic acids is 2. The maximum absolute atomic E-state index is 12.9. The summed E-state index contributed by atoms with van der Waals surface area (Å²) in [5.74, 6) is -0.774. The molecular weight excluding hydrogens is 370 g/mol. The quantitative estimate of drug-likeness (QED) is 0.432. The largest absolute Gasteiger partial charge is 0.507 e. The molecule has 29 heavy (non-hydrogen) atoms. The van der Waals surface area contributed by atoms with Gasteiger partial charge in [0.25, 0.3) is 11.7 Å². The third-order valence-electron chi connectivity index (χ3n) is 5.08. The number of hydrogen-bond donors (Lipinski definition) is 2. The summed E-state index contributed by atoms with van der Waals surface area (Å²) in [7, 11) is 5.54. The molecule has 1 amide bonds. The van der Waals surface area contributed by atoms with Crippen molar-refractivity contribution >= 4 is 17.4 Å². The fourth-order valence-electron chi connectivity index (χ4n) is 3.53. The van der Waals surface area contributed by atoms with Gasteiger partial charge in [-0.2, -0.15) is 0 Å². The zero-order valence-corrected chi connectivity index (χ0v) is 17.1. The Balaban J connectivity index is 2.13. The number of ketones is 1. The molecule has 2 heterocycles. The molecule has 1 saturated heterocycles. The van der Waals surface area contributed by atoms with E-state index in [1.54, 1.807) is 49.8 Å². The maximum Gasteiger partial charge on any atom is 0.295 e. The first-order chi connectivity index (χ1) is 13.8. The maximum atomic E-state index is 12.9. The Morgan fingerprint density at radius 3 is 2.48 bits per heavy atom. The van der Waals surface area contributed by atoms with E-state index in [9.17, 15) is 14.7 Å². The number of Topliss-reactive ketones (excluding diaryl/α,β-unsaturated/α-hetero) is 1. The molecule has 7 nitrogen and oxygen atoms in total. The van der Waals surface area contributed by atoms with Gasteiger partial charge in [-0.05, 0) is 48.4 Å². The van der Waals surface area contributed by atoms with Gasteiger partial charge in [0.1, 0.15) is 11.5 Å². The monoisotopic (exact) mass is 396 g/mol. The van der Waals surface area contributed by atoms with E-state index >= 15 is 0 Å². The molecule has 1 fully saturated rings. The summed E-state index contributed by atoms with van der Waals surface area (Å²) >= 11 is 0. The second-order valence-electron chi connectivity index (χ2n) is 7.41. The van der Waals surface area contributed by atoms with E-state index in [1.807, 2.05) is 21.0 Å². The van der Waals surface area contributed by atoms with Crippen molar-refractivity contribution in [2.24, 2.45) is 0 Å². The average Bonchev–Trinajstić information content (AvgIpc) is 2.97. The van der Waals surface area contributed by atoms with Gasteiger partial charge in [-0.1, -0.05) is 0 Å². The van der Waals surface area contributed by atoms with Crippen LogP contribution < -0.4 is 9.64 Å². The highest BCUT2D eigenvalue weighted by molar-refractivity contribution is 6.46. The van der Waals surface area contributed by atoms with Crippen molar-refractivity contribution < 1.29 is 24.3 Å². The summed E-state index contributed by atoms with van der Waals surface area (Å²) in [4.78, 5) is 32.4. The number of ether oxygens (including phenoxy) is 1. The topological polar surface area (TPSA) is 84.2 Å². The molecule has 2 aromatic rings. The van der Waals surface area contributed by atoms with E-state index < -0.39 is 17.7 Å². The lowest BCUT2D eigenvalue weighted by atomic mass is 9.95. The number of hydrogen-bond acceptors (Lipinski definition) is 5. The lowest BCUT2D eigenvalue weighted by Gasteiger charge is -2.25. The van der Waals surface area contributed by atoms with Gasteiger partial charge in [0, 0.05) is 18.0 Å². The number of quaternary nitrogens is 1. The summed E-state index contributed by atoms with van der Waals surface area (Å²) in [6, 6.07) is 8.03. The SMILES string of the molecule is COc1ccc(/C(O)=C2\C(=O)C(=O)N(CC[NH+](C)C)[C@@H]2c2ccncc2)cc1C. The van der Waals surface area contributed by atoms with Gasteiger partial charge in [-0.15, -0.1) is 0 Å². The molecule has 2 N–H and O–H groups in total. The van der Waals surface area contributed by atoms with Crippen molar-refractivity contribution in [3.63, 3.8) is 0 Å². The number of aliphatic hydroxyl groups is 1. The molecule has 1 aliphatic heterocycles. The van der Waals surface area contributed by atoms with Crippen molar-refractivity contribution in [1.82, 2.24) is 9.88 Å². The van der Waals surface area contributed by atoms with Crippen LogP contribution in [0.4, 0.5) is 0 Å². The Morgan fingerprint density at radius 1 is 1.21 bits per heavy atom. The number of aliphatic hydroxyl groups excluding tert-OH is 1. The number of aryl methyl sites for hydroxylation is 1. The first-order valence-corrected chi connectivity index (χ1v) is 9.47. The Hall–Kier alpha value is -3.19. The molecule has 1 atom stereocenters. The van der Waals surface area contributed by atoms with Crippen LogP contribution in [0.5, 0.6) is 5.75 Å². The number of methoxy groups -OCH3 is 1. The summed E-state index contributed by atoms with van der Waals surface area (Å²) in [6.45, 7) is 2.93. The second kappa shape index (κ2) is 8.45. The summed E-state index contributed by atoms with van der Waals surface area (Å²) in [5.41, 5.74) is 2.13. The molecule has 0 unspecified atom stereocenters. The molecule has 1 aromatic carbocycles. The predicted molar refractivity (Wildman–Crippen MR) is 109 cm³/mol. The Bertz CT molecular complexity index is 954. The van der Waals surface area contributed by atoms with Crippen molar-refractivity contribution in [2.75, 3.05) is 34.3 Å². The van der Waals surface area contributed by atoms with Crippen LogP contribution in [0.1, 0.15) is 22.7 Å². The van der Waals surface area contributed by atoms with Gasteiger partial charge in [-0.25, -0.2) is 0 Å². The van der Waals surface area contributed by atoms with Crippen molar-refractivity contribution in [3.05, 3.63) is 65.0 Å². The van der Waals surface area contributed by atoms with Gasteiger partial charge in [0.15, 0.2) is 0 Å². The number of aromatic nitrogens is 1. The minimum Gasteiger partial charge on any atom is -0.507 e. The smallest absolute Gasteiger partial charge is 0.295 e. The molecule has 0 bridgehead atoms. The number of carbonyl (C=O) groups is 2. The van der Waals surface area contributed by atoms with Crippen LogP contribution in [0, 0.1) is 6.92 Å². The van der Waals surface area contributed by atoms with Gasteiger partial charge in [0.2, 0.25) is 0 Å². The van der Waals surface area contributed by atoms with Crippen LogP contribution in [0.15, 0.2) is 48.3 Å². The average molecular weight is 396 g/mol. The van der Waals surface area contributed by atoms with Crippen LogP contribution in [0.3, 0.4) is 0 Å². The number of amides is 1. The van der Waals surface area contributed by atoms with Crippen LogP contribution in [-0.2, 0) is 9.59 Å². The standard InChI is InChI=1S/C22H25N3O4/c1-14-13-16(5-6-17(14)29-4)20(26)18-19(15-7-9-23-10-8-15)25(12-11-24(2)3)22(28)21(18)27/h5-10,13,19,26H,11-12H2,1-4H3/p+1/b20-18+/t19-/m1/s1. The highest BCUT2D eigenvalue weighted by atomic mass is 16.5. The fraction of sp³-hybridized carbons (Fsp3) is 0.318. The van der Waals surface area contributed by atoms with Crippen LogP contribution >= 0.6 is 0 Å². The van der Waals surface area contributed by atoms with Crippen molar-refractivity contribution in [2.45, 2.75) is 13.0 Å². The summed E-state index contributed by atoms with van der Waals surface area (Å²) in [6.07, 6.45) is 3.23. The second-order valence-corrected chi connectivity index (χ2v) is 7.41. The molecule has 152 valence electrons. The molecule has 1 aliphatic rings. The molecule has 1 aromatic heterocycles. The van der Waals surface area contributed by atoms with Gasteiger partial charge in [0.05, 0.1) is 45.9 Å². The Kier molecular flexibility index (Phi) is 5.98. The summed E-state index contributed by atoms with van der Waals surface area (Å²) in [5, 5.41) is 11.0. The number of nitrogens with zero attached hydrogens (tertiary/aromatic N) is 2. The number of likely N-dealkylation sites (tertiary alicyclic amines) is 1. The van der Waals surface area contributed by atoms with Crippen molar-refractivity contribution in [3.8, 4) is 5.75 Å². The third kappa shape index (κ3) is 4.00.